The van der Waals surface area contributed by atoms with Gasteiger partial charge in [0.05, 0.1) is 12.2 Å². The highest BCUT2D eigenvalue weighted by atomic mass is 35.5. The normalized spacial score (nSPS) is 29.7. The highest BCUT2D eigenvalue weighted by molar-refractivity contribution is 6.22. The summed E-state index contributed by atoms with van der Waals surface area (Å²) in [6.07, 6.45) is 8.28. The third kappa shape index (κ3) is 4.23. The number of alkyl halides is 1. The SMILES string of the molecule is CCCCCN1C(CCCC)NC(Cl)C1C=O. The third-order valence-electron chi connectivity index (χ3n) is 3.43. The summed E-state index contributed by atoms with van der Waals surface area (Å²) in [6, 6.07) is -0.157. The van der Waals surface area contributed by atoms with Gasteiger partial charge in [-0.05, 0) is 12.8 Å². The largest absolute Gasteiger partial charge is 0.302 e. The molecule has 1 aliphatic rings. The van der Waals surface area contributed by atoms with E-state index in [9.17, 15) is 4.79 Å². The van der Waals surface area contributed by atoms with Gasteiger partial charge in [-0.2, -0.15) is 0 Å². The van der Waals surface area contributed by atoms with Crippen LogP contribution in [-0.2, 0) is 4.79 Å². The predicted octanol–water partition coefficient (Wildman–Crippen LogP) is 2.73. The molecule has 0 aromatic carbocycles. The van der Waals surface area contributed by atoms with Crippen molar-refractivity contribution in [1.29, 1.82) is 0 Å². The van der Waals surface area contributed by atoms with E-state index in [1.54, 1.807) is 0 Å². The highest BCUT2D eigenvalue weighted by Gasteiger charge is 2.38. The quantitative estimate of drug-likeness (QED) is 0.315. The monoisotopic (exact) mass is 260 g/mol. The number of unbranched alkanes of at least 4 members (excludes halogenated alkanes) is 3. The Morgan fingerprint density at radius 3 is 2.53 bits per heavy atom. The number of rotatable bonds is 8. The van der Waals surface area contributed by atoms with Crippen molar-refractivity contribution in [1.82, 2.24) is 10.2 Å². The average Bonchev–Trinajstić information content (AvgIpc) is 2.63. The molecule has 1 rings (SSSR count). The van der Waals surface area contributed by atoms with Crippen LogP contribution < -0.4 is 5.32 Å². The number of hydrogen-bond acceptors (Lipinski definition) is 3. The van der Waals surface area contributed by atoms with Gasteiger partial charge in [0.2, 0.25) is 0 Å². The van der Waals surface area contributed by atoms with Gasteiger partial charge in [0, 0.05) is 6.54 Å². The number of halogens is 1. The maximum absolute atomic E-state index is 11.1. The summed E-state index contributed by atoms with van der Waals surface area (Å²) >= 11 is 6.18. The van der Waals surface area contributed by atoms with E-state index < -0.39 is 0 Å². The number of nitrogens with one attached hydrogen (secondary N) is 1. The fourth-order valence-corrected chi connectivity index (χ4v) is 2.75. The summed E-state index contributed by atoms with van der Waals surface area (Å²) in [6.45, 7) is 5.35. The molecular weight excluding hydrogens is 236 g/mol. The summed E-state index contributed by atoms with van der Waals surface area (Å²) in [5.74, 6) is 0. The first kappa shape index (κ1) is 14.9. The number of carbonyl (C=O) groups excluding carboxylic acids is 1. The molecule has 0 amide bonds. The maximum atomic E-state index is 11.1. The predicted molar refractivity (Wildman–Crippen MR) is 72.2 cm³/mol. The molecule has 3 nitrogen and oxygen atoms in total. The average molecular weight is 261 g/mol. The minimum absolute atomic E-state index is 0.157. The van der Waals surface area contributed by atoms with Crippen LogP contribution >= 0.6 is 11.6 Å². The van der Waals surface area contributed by atoms with Crippen LogP contribution in [0.5, 0.6) is 0 Å². The maximum Gasteiger partial charge on any atom is 0.140 e. The summed E-state index contributed by atoms with van der Waals surface area (Å²) in [5.41, 5.74) is -0.226. The summed E-state index contributed by atoms with van der Waals surface area (Å²) in [7, 11) is 0. The standard InChI is InChI=1S/C13H25ClN2O/c1-3-5-7-9-16-11(10-17)13(14)15-12(16)8-6-4-2/h10-13,15H,3-9H2,1-2H3. The van der Waals surface area contributed by atoms with E-state index in [1.807, 2.05) is 0 Å². The Bertz CT molecular complexity index is 225. The Morgan fingerprint density at radius 2 is 1.94 bits per heavy atom. The number of hydrogen-bond donors (Lipinski definition) is 1. The molecule has 0 spiro atoms. The topological polar surface area (TPSA) is 32.3 Å². The smallest absolute Gasteiger partial charge is 0.140 e. The van der Waals surface area contributed by atoms with E-state index in [0.717, 1.165) is 25.7 Å². The minimum atomic E-state index is -0.226. The molecule has 17 heavy (non-hydrogen) atoms. The zero-order chi connectivity index (χ0) is 12.7. The lowest BCUT2D eigenvalue weighted by molar-refractivity contribution is -0.111. The van der Waals surface area contributed by atoms with E-state index >= 15 is 0 Å². The van der Waals surface area contributed by atoms with Crippen LogP contribution in [0.3, 0.4) is 0 Å². The molecule has 0 aliphatic carbocycles. The van der Waals surface area contributed by atoms with Gasteiger partial charge in [-0.25, -0.2) is 0 Å². The van der Waals surface area contributed by atoms with Gasteiger partial charge in [0.1, 0.15) is 11.8 Å². The lowest BCUT2D eigenvalue weighted by Gasteiger charge is -2.26. The van der Waals surface area contributed by atoms with Crippen LogP contribution in [0.25, 0.3) is 0 Å². The molecule has 3 atom stereocenters. The fourth-order valence-electron chi connectivity index (χ4n) is 2.40. The molecule has 3 unspecified atom stereocenters. The van der Waals surface area contributed by atoms with Crippen molar-refractivity contribution in [3.8, 4) is 0 Å². The molecule has 1 aliphatic heterocycles. The third-order valence-corrected chi connectivity index (χ3v) is 3.81. The summed E-state index contributed by atoms with van der Waals surface area (Å²) in [4.78, 5) is 13.4. The van der Waals surface area contributed by atoms with Crippen LogP contribution in [0.1, 0.15) is 52.4 Å². The van der Waals surface area contributed by atoms with Crippen LogP contribution in [-0.4, -0.2) is 35.4 Å². The molecule has 1 fully saturated rings. The number of nitrogens with zero attached hydrogens (tertiary/aromatic N) is 1. The second-order valence-electron chi connectivity index (χ2n) is 4.80. The van der Waals surface area contributed by atoms with Crippen molar-refractivity contribution in [3.05, 3.63) is 0 Å². The Morgan fingerprint density at radius 1 is 1.24 bits per heavy atom. The second kappa shape index (κ2) is 8.06. The van der Waals surface area contributed by atoms with E-state index in [2.05, 4.69) is 24.1 Å². The van der Waals surface area contributed by atoms with Gasteiger partial charge in [-0.1, -0.05) is 39.5 Å². The van der Waals surface area contributed by atoms with Gasteiger partial charge in [-0.3, -0.25) is 10.2 Å². The van der Waals surface area contributed by atoms with Crippen molar-refractivity contribution < 1.29 is 4.79 Å². The molecule has 4 heteroatoms. The van der Waals surface area contributed by atoms with E-state index in [0.29, 0.717) is 0 Å². The molecule has 0 radical (unpaired) electrons. The highest BCUT2D eigenvalue weighted by Crippen LogP contribution is 2.22. The van der Waals surface area contributed by atoms with E-state index in [-0.39, 0.29) is 17.7 Å². The van der Waals surface area contributed by atoms with Gasteiger partial charge in [0.25, 0.3) is 0 Å². The molecule has 1 N–H and O–H groups in total. The van der Waals surface area contributed by atoms with Gasteiger partial charge in [-0.15, -0.1) is 11.6 Å². The Kier molecular flexibility index (Phi) is 7.09. The molecule has 0 bridgehead atoms. The molecular formula is C13H25ClN2O. The van der Waals surface area contributed by atoms with Gasteiger partial charge >= 0.3 is 0 Å². The summed E-state index contributed by atoms with van der Waals surface area (Å²) < 4.78 is 0. The fraction of sp³-hybridized carbons (Fsp3) is 0.923. The molecule has 1 heterocycles. The van der Waals surface area contributed by atoms with Crippen molar-refractivity contribution >= 4 is 17.9 Å². The van der Waals surface area contributed by atoms with E-state index in [4.69, 9.17) is 11.6 Å². The Hall–Kier alpha value is -0.120. The number of aldehydes is 1. The van der Waals surface area contributed by atoms with Gasteiger partial charge < -0.3 is 4.79 Å². The van der Waals surface area contributed by atoms with E-state index in [1.165, 1.54) is 25.7 Å². The van der Waals surface area contributed by atoms with Crippen molar-refractivity contribution in [2.24, 2.45) is 0 Å². The first-order chi connectivity index (χ1) is 8.24. The van der Waals surface area contributed by atoms with Crippen molar-refractivity contribution in [3.63, 3.8) is 0 Å². The molecule has 0 aromatic rings. The molecule has 0 saturated carbocycles. The van der Waals surface area contributed by atoms with Crippen LogP contribution in [0.4, 0.5) is 0 Å². The number of carbonyl (C=O) groups is 1. The van der Waals surface area contributed by atoms with Gasteiger partial charge in [0.15, 0.2) is 0 Å². The van der Waals surface area contributed by atoms with Crippen LogP contribution in [0.2, 0.25) is 0 Å². The Balaban J connectivity index is 2.51. The minimum Gasteiger partial charge on any atom is -0.302 e. The molecule has 100 valence electrons. The zero-order valence-electron chi connectivity index (χ0n) is 11.0. The lowest BCUT2D eigenvalue weighted by Crippen LogP contribution is -2.40. The first-order valence-electron chi connectivity index (χ1n) is 6.85. The van der Waals surface area contributed by atoms with Crippen LogP contribution in [0.15, 0.2) is 0 Å². The lowest BCUT2D eigenvalue weighted by atomic mass is 10.1. The Labute approximate surface area is 110 Å². The molecule has 1 saturated heterocycles. The zero-order valence-corrected chi connectivity index (χ0v) is 11.7. The van der Waals surface area contributed by atoms with Crippen LogP contribution in [0, 0.1) is 0 Å². The van der Waals surface area contributed by atoms with Crippen molar-refractivity contribution in [2.45, 2.75) is 70.1 Å². The molecule has 0 aromatic heterocycles. The van der Waals surface area contributed by atoms with Crippen molar-refractivity contribution in [2.75, 3.05) is 6.54 Å². The second-order valence-corrected chi connectivity index (χ2v) is 5.27. The first-order valence-corrected chi connectivity index (χ1v) is 7.29. The summed E-state index contributed by atoms with van der Waals surface area (Å²) in [5, 5.41) is 3.33.